The molecule has 0 fully saturated rings. The van der Waals surface area contributed by atoms with E-state index in [1.807, 2.05) is 56.3 Å². The molecule has 0 spiro atoms. The molecule has 2 aliphatic rings. The summed E-state index contributed by atoms with van der Waals surface area (Å²) >= 11 is 1.25. The SMILES string of the molecule is COc1ccc(CCNC(=O)CSC2=Nc3ccccc3C3=N[C@H](C(C)C)C(=O)N23)cc1OC. The van der Waals surface area contributed by atoms with Gasteiger partial charge in [-0.1, -0.05) is 43.8 Å². The Morgan fingerprint density at radius 3 is 2.65 bits per heavy atom. The molecule has 0 radical (unpaired) electrons. The van der Waals surface area contributed by atoms with Gasteiger partial charge < -0.3 is 14.8 Å². The van der Waals surface area contributed by atoms with Gasteiger partial charge in [-0.2, -0.15) is 0 Å². The number of aliphatic imine (C=N–C) groups is 2. The molecule has 2 aromatic carbocycles. The van der Waals surface area contributed by atoms with E-state index in [-0.39, 0.29) is 23.5 Å². The minimum Gasteiger partial charge on any atom is -0.493 e. The van der Waals surface area contributed by atoms with Gasteiger partial charge in [-0.25, -0.2) is 9.89 Å². The number of para-hydroxylation sites is 1. The second kappa shape index (κ2) is 10.3. The molecule has 9 heteroatoms. The van der Waals surface area contributed by atoms with Crippen molar-refractivity contribution < 1.29 is 19.1 Å². The predicted octanol–water partition coefficient (Wildman–Crippen LogP) is 3.41. The van der Waals surface area contributed by atoms with E-state index in [0.29, 0.717) is 35.5 Å². The van der Waals surface area contributed by atoms with Crippen molar-refractivity contribution in [3.05, 3.63) is 53.6 Å². The number of methoxy groups -OCH3 is 2. The summed E-state index contributed by atoms with van der Waals surface area (Å²) in [5.74, 6) is 1.94. The molecule has 1 atom stereocenters. The zero-order valence-electron chi connectivity index (χ0n) is 19.7. The Hall–Kier alpha value is -3.33. The van der Waals surface area contributed by atoms with Crippen LogP contribution in [0.2, 0.25) is 0 Å². The van der Waals surface area contributed by atoms with Gasteiger partial charge in [0.05, 0.1) is 25.7 Å². The quantitative estimate of drug-likeness (QED) is 0.625. The molecule has 2 amide bonds. The number of amidine groups is 2. The topological polar surface area (TPSA) is 92.6 Å². The molecule has 0 aliphatic carbocycles. The van der Waals surface area contributed by atoms with Crippen molar-refractivity contribution in [1.82, 2.24) is 10.2 Å². The average molecular weight is 481 g/mol. The van der Waals surface area contributed by atoms with Gasteiger partial charge in [-0.3, -0.25) is 14.6 Å². The number of hydrogen-bond donors (Lipinski definition) is 1. The number of fused-ring (bicyclic) bond motifs is 3. The normalized spacial score (nSPS) is 16.6. The summed E-state index contributed by atoms with van der Waals surface area (Å²) < 4.78 is 10.6. The van der Waals surface area contributed by atoms with Crippen molar-refractivity contribution in [2.45, 2.75) is 26.3 Å². The minimum atomic E-state index is -0.442. The van der Waals surface area contributed by atoms with Crippen LogP contribution >= 0.6 is 11.8 Å². The molecular weight excluding hydrogens is 452 g/mol. The zero-order valence-corrected chi connectivity index (χ0v) is 20.5. The smallest absolute Gasteiger partial charge is 0.259 e. The van der Waals surface area contributed by atoms with Crippen molar-refractivity contribution >= 4 is 40.3 Å². The summed E-state index contributed by atoms with van der Waals surface area (Å²) in [7, 11) is 3.19. The Balaban J connectivity index is 1.38. The third-order valence-electron chi connectivity index (χ3n) is 5.65. The van der Waals surface area contributed by atoms with Crippen LogP contribution in [0.15, 0.2) is 52.4 Å². The third kappa shape index (κ3) is 4.79. The van der Waals surface area contributed by atoms with E-state index < -0.39 is 6.04 Å². The van der Waals surface area contributed by atoms with Gasteiger partial charge in [0.1, 0.15) is 11.9 Å². The maximum absolute atomic E-state index is 13.1. The van der Waals surface area contributed by atoms with Gasteiger partial charge in [0.25, 0.3) is 5.91 Å². The highest BCUT2D eigenvalue weighted by Crippen LogP contribution is 2.34. The van der Waals surface area contributed by atoms with Crippen molar-refractivity contribution in [3.63, 3.8) is 0 Å². The second-order valence-electron chi connectivity index (χ2n) is 8.30. The van der Waals surface area contributed by atoms with Crippen LogP contribution in [0.1, 0.15) is 25.0 Å². The monoisotopic (exact) mass is 480 g/mol. The Morgan fingerprint density at radius 2 is 1.91 bits per heavy atom. The van der Waals surface area contributed by atoms with Crippen LogP contribution in [0, 0.1) is 5.92 Å². The van der Waals surface area contributed by atoms with E-state index in [9.17, 15) is 9.59 Å². The van der Waals surface area contributed by atoms with Crippen molar-refractivity contribution in [1.29, 1.82) is 0 Å². The minimum absolute atomic E-state index is 0.0730. The number of carbonyl (C=O) groups is 2. The number of benzene rings is 2. The highest BCUT2D eigenvalue weighted by molar-refractivity contribution is 8.14. The molecule has 0 saturated heterocycles. The van der Waals surface area contributed by atoms with E-state index in [2.05, 4.69) is 10.3 Å². The molecule has 1 N–H and O–H groups in total. The molecule has 8 nitrogen and oxygen atoms in total. The summed E-state index contributed by atoms with van der Waals surface area (Å²) in [5, 5.41) is 3.42. The lowest BCUT2D eigenvalue weighted by atomic mass is 10.1. The summed E-state index contributed by atoms with van der Waals surface area (Å²) in [4.78, 5) is 36.5. The number of carbonyl (C=O) groups excluding carboxylic acids is 2. The summed E-state index contributed by atoms with van der Waals surface area (Å²) in [6.45, 7) is 4.44. The molecule has 4 rings (SSSR count). The molecule has 0 bridgehead atoms. The standard InChI is InChI=1S/C25H28N4O4S/c1-15(2)22-24(31)29-23(28-22)17-7-5-6-8-18(17)27-25(29)34-14-21(30)26-12-11-16-9-10-19(32-3)20(13-16)33-4/h5-10,13,15,22H,11-12,14H2,1-4H3,(H,26,30)/t22-/m1/s1. The second-order valence-corrected chi connectivity index (χ2v) is 9.25. The first kappa shape index (κ1) is 23.8. The van der Waals surface area contributed by atoms with E-state index in [1.54, 1.807) is 19.1 Å². The van der Waals surface area contributed by atoms with Gasteiger partial charge >= 0.3 is 0 Å². The largest absolute Gasteiger partial charge is 0.493 e. The number of nitrogens with one attached hydrogen (secondary N) is 1. The number of amides is 2. The molecular formula is C25H28N4O4S. The van der Waals surface area contributed by atoms with Crippen LogP contribution in [0.25, 0.3) is 0 Å². The molecule has 0 unspecified atom stereocenters. The lowest BCUT2D eigenvalue weighted by Crippen LogP contribution is -2.42. The Labute approximate surface area is 203 Å². The fourth-order valence-electron chi connectivity index (χ4n) is 3.86. The highest BCUT2D eigenvalue weighted by atomic mass is 32.2. The Morgan fingerprint density at radius 1 is 1.15 bits per heavy atom. The van der Waals surface area contributed by atoms with Crippen molar-refractivity contribution in [3.8, 4) is 11.5 Å². The van der Waals surface area contributed by atoms with Crippen molar-refractivity contribution in [2.75, 3.05) is 26.5 Å². The lowest BCUT2D eigenvalue weighted by Gasteiger charge is -2.25. The summed E-state index contributed by atoms with van der Waals surface area (Å²) in [5.41, 5.74) is 2.62. The predicted molar refractivity (Wildman–Crippen MR) is 134 cm³/mol. The van der Waals surface area contributed by atoms with Gasteiger partial charge in [0.15, 0.2) is 16.7 Å². The van der Waals surface area contributed by atoms with Crippen LogP contribution in [0.3, 0.4) is 0 Å². The summed E-state index contributed by atoms with van der Waals surface area (Å²) in [6.07, 6.45) is 0.655. The Kier molecular flexibility index (Phi) is 7.21. The number of hydrogen-bond acceptors (Lipinski definition) is 7. The van der Waals surface area contributed by atoms with E-state index in [0.717, 1.165) is 16.8 Å². The zero-order chi connectivity index (χ0) is 24.2. The highest BCUT2D eigenvalue weighted by Gasteiger charge is 2.42. The van der Waals surface area contributed by atoms with Gasteiger partial charge in [-0.05, 0) is 42.2 Å². The van der Waals surface area contributed by atoms with Gasteiger partial charge in [-0.15, -0.1) is 0 Å². The number of rotatable bonds is 8. The first-order valence-corrected chi connectivity index (χ1v) is 12.1. The maximum Gasteiger partial charge on any atom is 0.259 e. The van der Waals surface area contributed by atoms with Crippen LogP contribution in [0.4, 0.5) is 5.69 Å². The molecule has 34 heavy (non-hydrogen) atoms. The number of ether oxygens (including phenoxy) is 2. The van der Waals surface area contributed by atoms with Crippen molar-refractivity contribution in [2.24, 2.45) is 15.9 Å². The first-order chi connectivity index (χ1) is 16.4. The fourth-order valence-corrected chi connectivity index (χ4v) is 4.69. The summed E-state index contributed by atoms with van der Waals surface area (Å²) in [6, 6.07) is 12.9. The van der Waals surface area contributed by atoms with Gasteiger partial charge in [0, 0.05) is 12.1 Å². The molecule has 178 valence electrons. The molecule has 2 aliphatic heterocycles. The van der Waals surface area contributed by atoms with Crippen LogP contribution < -0.4 is 14.8 Å². The molecule has 0 aromatic heterocycles. The molecule has 2 aromatic rings. The maximum atomic E-state index is 13.1. The van der Waals surface area contributed by atoms with E-state index >= 15 is 0 Å². The number of nitrogens with zero attached hydrogens (tertiary/aromatic N) is 3. The van der Waals surface area contributed by atoms with Gasteiger partial charge in [0.2, 0.25) is 5.91 Å². The van der Waals surface area contributed by atoms with Crippen LogP contribution in [-0.4, -0.2) is 60.3 Å². The third-order valence-corrected chi connectivity index (χ3v) is 6.59. The van der Waals surface area contributed by atoms with E-state index in [1.165, 1.54) is 11.8 Å². The van der Waals surface area contributed by atoms with Crippen LogP contribution in [-0.2, 0) is 16.0 Å². The fraction of sp³-hybridized carbons (Fsp3) is 0.360. The lowest BCUT2D eigenvalue weighted by molar-refractivity contribution is -0.125. The molecule has 2 heterocycles. The Bertz CT molecular complexity index is 1160. The average Bonchev–Trinajstić information content (AvgIpc) is 3.20. The molecule has 0 saturated carbocycles. The number of thioether (sulfide) groups is 1. The van der Waals surface area contributed by atoms with E-state index in [4.69, 9.17) is 14.5 Å². The van der Waals surface area contributed by atoms with Crippen LogP contribution in [0.5, 0.6) is 11.5 Å². The first-order valence-electron chi connectivity index (χ1n) is 11.1.